The minimum Gasteiger partial charge on any atom is -0.465 e. The number of benzene rings is 1. The average Bonchev–Trinajstić information content (AvgIpc) is 2.97. The molecule has 0 unspecified atom stereocenters. The fourth-order valence-electron chi connectivity index (χ4n) is 2.52. The zero-order chi connectivity index (χ0) is 18.3. The van der Waals surface area contributed by atoms with Crippen molar-refractivity contribution in [2.45, 2.75) is 6.92 Å². The van der Waals surface area contributed by atoms with Crippen LogP contribution < -0.4 is 0 Å². The smallest absolute Gasteiger partial charge is 0.348 e. The highest BCUT2D eigenvalue weighted by atomic mass is 32.1. The highest BCUT2D eigenvalue weighted by molar-refractivity contribution is 7.21. The van der Waals surface area contributed by atoms with Crippen LogP contribution in [-0.2, 0) is 4.74 Å². The van der Waals surface area contributed by atoms with Crippen molar-refractivity contribution in [1.29, 1.82) is 0 Å². The van der Waals surface area contributed by atoms with Gasteiger partial charge in [0.1, 0.15) is 10.7 Å². The van der Waals surface area contributed by atoms with Crippen LogP contribution in [0.15, 0.2) is 24.4 Å². The summed E-state index contributed by atoms with van der Waals surface area (Å²) in [5, 5.41) is 0. The van der Waals surface area contributed by atoms with E-state index >= 15 is 0 Å². The number of carbonyl (C=O) groups is 2. The number of nitrogens with zero attached hydrogens (tertiary/aromatic N) is 1. The molecule has 0 radical (unpaired) electrons. The SMILES string of the molecule is COC(=O)c1sc2c(-c3cc(F)cc(F)c3F)ccnc2c1C(C)=O. The number of methoxy groups -OCH3 is 1. The molecule has 8 heteroatoms. The van der Waals surface area contributed by atoms with Crippen LogP contribution in [0, 0.1) is 17.5 Å². The van der Waals surface area contributed by atoms with E-state index in [4.69, 9.17) is 0 Å². The second-order valence-electron chi connectivity index (χ2n) is 5.14. The molecule has 3 rings (SSSR count). The van der Waals surface area contributed by atoms with Gasteiger partial charge in [-0.15, -0.1) is 11.3 Å². The molecule has 0 aliphatic rings. The van der Waals surface area contributed by atoms with E-state index in [-0.39, 0.29) is 31.8 Å². The summed E-state index contributed by atoms with van der Waals surface area (Å²) in [5.74, 6) is -4.69. The summed E-state index contributed by atoms with van der Waals surface area (Å²) >= 11 is 0.857. The number of rotatable bonds is 3. The van der Waals surface area contributed by atoms with Gasteiger partial charge in [0.25, 0.3) is 0 Å². The number of fused-ring (bicyclic) bond motifs is 1. The summed E-state index contributed by atoms with van der Waals surface area (Å²) in [6.07, 6.45) is 1.28. The maximum absolute atomic E-state index is 14.2. The molecule has 2 aromatic heterocycles. The van der Waals surface area contributed by atoms with Gasteiger partial charge in [-0.1, -0.05) is 0 Å². The number of carbonyl (C=O) groups excluding carboxylic acids is 2. The Labute approximate surface area is 143 Å². The molecule has 0 aliphatic carbocycles. The predicted molar refractivity (Wildman–Crippen MR) is 86.3 cm³/mol. The number of halogens is 3. The number of ketones is 1. The van der Waals surface area contributed by atoms with Crippen LogP contribution in [0.5, 0.6) is 0 Å². The third kappa shape index (κ3) is 2.78. The fourth-order valence-corrected chi connectivity index (χ4v) is 3.77. The van der Waals surface area contributed by atoms with Gasteiger partial charge in [-0.3, -0.25) is 9.78 Å². The van der Waals surface area contributed by atoms with E-state index in [1.165, 1.54) is 19.2 Å². The zero-order valence-electron chi connectivity index (χ0n) is 13.0. The van der Waals surface area contributed by atoms with E-state index < -0.39 is 29.2 Å². The average molecular weight is 365 g/mol. The standard InChI is InChI=1S/C17H10F3NO3S/c1-7(22)12-14-15(25-16(12)17(23)24-2)9(3-4-21-14)10-5-8(18)6-11(19)13(10)20/h3-6H,1-2H3. The third-order valence-electron chi connectivity index (χ3n) is 3.58. The van der Waals surface area contributed by atoms with Crippen LogP contribution in [0.3, 0.4) is 0 Å². The molecule has 1 aromatic carbocycles. The molecular formula is C17H10F3NO3S. The second kappa shape index (κ2) is 6.29. The van der Waals surface area contributed by atoms with Gasteiger partial charge >= 0.3 is 5.97 Å². The summed E-state index contributed by atoms with van der Waals surface area (Å²) in [5.41, 5.74) is -0.00771. The maximum atomic E-state index is 14.2. The van der Waals surface area contributed by atoms with E-state index in [0.29, 0.717) is 6.07 Å². The molecule has 0 fully saturated rings. The van der Waals surface area contributed by atoms with Gasteiger partial charge in [0, 0.05) is 23.4 Å². The maximum Gasteiger partial charge on any atom is 0.348 e. The molecule has 2 heterocycles. The van der Waals surface area contributed by atoms with E-state index in [1.807, 2.05) is 0 Å². The summed E-state index contributed by atoms with van der Waals surface area (Å²) in [6.45, 7) is 1.25. The third-order valence-corrected chi connectivity index (χ3v) is 4.77. The Bertz CT molecular complexity index is 1030. The highest BCUT2D eigenvalue weighted by Gasteiger charge is 2.26. The number of esters is 1. The number of Topliss-reactive ketones (excluding diaryl/α,β-unsaturated/α-hetero) is 1. The number of pyridine rings is 1. The number of ether oxygens (including phenoxy) is 1. The van der Waals surface area contributed by atoms with Crippen molar-refractivity contribution in [3.63, 3.8) is 0 Å². The minimum absolute atomic E-state index is 0.00207. The van der Waals surface area contributed by atoms with E-state index in [2.05, 4.69) is 9.72 Å². The quantitative estimate of drug-likeness (QED) is 0.393. The van der Waals surface area contributed by atoms with Gasteiger partial charge in [0.05, 0.1) is 22.9 Å². The molecule has 0 N–H and O–H groups in total. The topological polar surface area (TPSA) is 56.3 Å². The minimum atomic E-state index is -1.34. The largest absolute Gasteiger partial charge is 0.465 e. The van der Waals surface area contributed by atoms with Crippen LogP contribution in [0.25, 0.3) is 21.3 Å². The zero-order valence-corrected chi connectivity index (χ0v) is 13.8. The Morgan fingerprint density at radius 2 is 1.88 bits per heavy atom. The van der Waals surface area contributed by atoms with Crippen molar-refractivity contribution < 1.29 is 27.5 Å². The van der Waals surface area contributed by atoms with Crippen molar-refractivity contribution in [3.05, 3.63) is 52.3 Å². The molecule has 4 nitrogen and oxygen atoms in total. The van der Waals surface area contributed by atoms with Gasteiger partial charge in [-0.05, 0) is 19.1 Å². The van der Waals surface area contributed by atoms with Crippen molar-refractivity contribution in [3.8, 4) is 11.1 Å². The van der Waals surface area contributed by atoms with Crippen molar-refractivity contribution >= 4 is 33.3 Å². The van der Waals surface area contributed by atoms with E-state index in [0.717, 1.165) is 24.5 Å². The predicted octanol–water partition coefficient (Wildman–Crippen LogP) is 4.37. The number of thiophene rings is 1. The lowest BCUT2D eigenvalue weighted by atomic mass is 10.0. The Kier molecular flexibility index (Phi) is 4.30. The molecule has 128 valence electrons. The van der Waals surface area contributed by atoms with Gasteiger partial charge in [-0.2, -0.15) is 0 Å². The van der Waals surface area contributed by atoms with Gasteiger partial charge in [-0.25, -0.2) is 18.0 Å². The lowest BCUT2D eigenvalue weighted by molar-refractivity contribution is 0.0603. The van der Waals surface area contributed by atoms with Crippen LogP contribution >= 0.6 is 11.3 Å². The first-order chi connectivity index (χ1) is 11.8. The molecule has 0 atom stereocenters. The summed E-state index contributed by atoms with van der Waals surface area (Å²) in [6, 6.07) is 2.64. The Balaban J connectivity index is 2.40. The first-order valence-corrected chi connectivity index (χ1v) is 7.82. The molecule has 0 spiro atoms. The Morgan fingerprint density at radius 3 is 2.52 bits per heavy atom. The van der Waals surface area contributed by atoms with Crippen LogP contribution in [0.4, 0.5) is 13.2 Å². The first kappa shape index (κ1) is 17.1. The highest BCUT2D eigenvalue weighted by Crippen LogP contribution is 2.39. The summed E-state index contributed by atoms with van der Waals surface area (Å²) < 4.78 is 46.2. The van der Waals surface area contributed by atoms with Gasteiger partial charge in [0.2, 0.25) is 0 Å². The molecule has 0 amide bonds. The molecule has 0 saturated carbocycles. The fraction of sp³-hybridized carbons (Fsp3) is 0.118. The lowest BCUT2D eigenvalue weighted by Gasteiger charge is -2.06. The van der Waals surface area contributed by atoms with Gasteiger partial charge < -0.3 is 4.74 Å². The molecule has 0 aliphatic heterocycles. The van der Waals surface area contributed by atoms with Crippen molar-refractivity contribution in [2.24, 2.45) is 0 Å². The molecule has 3 aromatic rings. The molecule has 0 saturated heterocycles. The monoisotopic (exact) mass is 365 g/mol. The van der Waals surface area contributed by atoms with E-state index in [1.54, 1.807) is 0 Å². The molecular weight excluding hydrogens is 355 g/mol. The second-order valence-corrected chi connectivity index (χ2v) is 6.16. The molecule has 0 bridgehead atoms. The van der Waals surface area contributed by atoms with Gasteiger partial charge in [0.15, 0.2) is 17.4 Å². The van der Waals surface area contributed by atoms with Crippen LogP contribution in [0.2, 0.25) is 0 Å². The van der Waals surface area contributed by atoms with E-state index in [9.17, 15) is 22.8 Å². The van der Waals surface area contributed by atoms with Crippen molar-refractivity contribution in [2.75, 3.05) is 7.11 Å². The van der Waals surface area contributed by atoms with Crippen LogP contribution in [-0.4, -0.2) is 23.8 Å². The normalized spacial score (nSPS) is 10.9. The lowest BCUT2D eigenvalue weighted by Crippen LogP contribution is -2.05. The summed E-state index contributed by atoms with van der Waals surface area (Å²) in [4.78, 5) is 28.0. The van der Waals surface area contributed by atoms with Crippen molar-refractivity contribution in [1.82, 2.24) is 4.98 Å². The van der Waals surface area contributed by atoms with Crippen LogP contribution in [0.1, 0.15) is 27.0 Å². The number of hydrogen-bond acceptors (Lipinski definition) is 5. The number of hydrogen-bond donors (Lipinski definition) is 0. The molecule has 25 heavy (non-hydrogen) atoms. The summed E-state index contributed by atoms with van der Waals surface area (Å²) in [7, 11) is 1.16. The Hall–Kier alpha value is -2.74. The first-order valence-electron chi connectivity index (χ1n) is 7.00. The number of aromatic nitrogens is 1. The Morgan fingerprint density at radius 1 is 1.16 bits per heavy atom.